The number of alkyl halides is 2. The van der Waals surface area contributed by atoms with E-state index in [1.54, 1.807) is 0 Å². The van der Waals surface area contributed by atoms with E-state index >= 15 is 0 Å². The molecule has 0 unspecified atom stereocenters. The van der Waals surface area contributed by atoms with Gasteiger partial charge in [-0.05, 0) is 12.1 Å². The molecule has 2 rings (SSSR count). The van der Waals surface area contributed by atoms with Crippen LogP contribution in [0, 0.1) is 0 Å². The fraction of sp³-hybridized carbons (Fsp3) is 0.538. The molecule has 0 saturated carbocycles. The molecule has 88 valence electrons. The van der Waals surface area contributed by atoms with Gasteiger partial charge in [0.25, 0.3) is 5.92 Å². The average molecular weight is 225 g/mol. The molecule has 1 aromatic rings. The van der Waals surface area contributed by atoms with E-state index in [0.29, 0.717) is 6.54 Å². The van der Waals surface area contributed by atoms with Crippen molar-refractivity contribution in [3.63, 3.8) is 0 Å². The maximum absolute atomic E-state index is 13.4. The summed E-state index contributed by atoms with van der Waals surface area (Å²) in [5.41, 5.74) is 1.00. The maximum atomic E-state index is 13.4. The van der Waals surface area contributed by atoms with Crippen molar-refractivity contribution < 1.29 is 8.78 Å². The van der Waals surface area contributed by atoms with Gasteiger partial charge in [0.15, 0.2) is 0 Å². The van der Waals surface area contributed by atoms with Crippen molar-refractivity contribution >= 4 is 0 Å². The van der Waals surface area contributed by atoms with E-state index in [0.717, 1.165) is 12.1 Å². The highest BCUT2D eigenvalue weighted by Crippen LogP contribution is 2.39. The van der Waals surface area contributed by atoms with Gasteiger partial charge < -0.3 is 0 Å². The van der Waals surface area contributed by atoms with Crippen LogP contribution in [0.3, 0.4) is 0 Å². The van der Waals surface area contributed by atoms with Crippen molar-refractivity contribution in [3.05, 3.63) is 35.9 Å². The summed E-state index contributed by atoms with van der Waals surface area (Å²) in [4.78, 5) is 2.13. The summed E-state index contributed by atoms with van der Waals surface area (Å²) < 4.78 is 26.8. The lowest BCUT2D eigenvalue weighted by molar-refractivity contribution is -0.0781. The molecular formula is C13H17F2N. The second-order valence-corrected chi connectivity index (χ2v) is 4.37. The van der Waals surface area contributed by atoms with Crippen LogP contribution in [0.25, 0.3) is 0 Å². The second kappa shape index (κ2) is 4.50. The summed E-state index contributed by atoms with van der Waals surface area (Å²) in [6.07, 6.45) is -0.0605. The molecule has 0 aliphatic carbocycles. The third-order valence-corrected chi connectivity index (χ3v) is 3.29. The topological polar surface area (TPSA) is 3.24 Å². The van der Waals surface area contributed by atoms with Gasteiger partial charge in [-0.3, -0.25) is 4.90 Å². The SMILES string of the molecule is CCN1CCC(F)(F)C[C@@H]1c1ccccc1. The number of hydrogen-bond acceptors (Lipinski definition) is 1. The lowest BCUT2D eigenvalue weighted by atomic mass is 9.93. The Bertz CT molecular complexity index is 337. The zero-order valence-corrected chi connectivity index (χ0v) is 9.50. The summed E-state index contributed by atoms with van der Waals surface area (Å²) >= 11 is 0. The highest BCUT2D eigenvalue weighted by molar-refractivity contribution is 5.20. The van der Waals surface area contributed by atoms with Crippen LogP contribution in [-0.4, -0.2) is 23.9 Å². The van der Waals surface area contributed by atoms with Crippen LogP contribution in [0.5, 0.6) is 0 Å². The van der Waals surface area contributed by atoms with Gasteiger partial charge >= 0.3 is 0 Å². The van der Waals surface area contributed by atoms with Gasteiger partial charge in [0.1, 0.15) is 0 Å². The van der Waals surface area contributed by atoms with Crippen LogP contribution in [0.2, 0.25) is 0 Å². The number of halogens is 2. The van der Waals surface area contributed by atoms with E-state index in [1.165, 1.54) is 0 Å². The summed E-state index contributed by atoms with van der Waals surface area (Å²) in [5, 5.41) is 0. The van der Waals surface area contributed by atoms with Crippen molar-refractivity contribution in [2.75, 3.05) is 13.1 Å². The molecule has 1 aliphatic heterocycles. The first-order valence-corrected chi connectivity index (χ1v) is 5.79. The number of hydrogen-bond donors (Lipinski definition) is 0. The fourth-order valence-electron chi connectivity index (χ4n) is 2.36. The minimum atomic E-state index is -2.51. The molecule has 1 atom stereocenters. The highest BCUT2D eigenvalue weighted by atomic mass is 19.3. The van der Waals surface area contributed by atoms with E-state index < -0.39 is 5.92 Å². The number of benzene rings is 1. The van der Waals surface area contributed by atoms with Gasteiger partial charge in [-0.15, -0.1) is 0 Å². The van der Waals surface area contributed by atoms with Crippen LogP contribution < -0.4 is 0 Å². The van der Waals surface area contributed by atoms with Crippen LogP contribution >= 0.6 is 0 Å². The Morgan fingerprint density at radius 1 is 1.31 bits per heavy atom. The van der Waals surface area contributed by atoms with Crippen molar-refractivity contribution in [1.82, 2.24) is 4.90 Å². The third-order valence-electron chi connectivity index (χ3n) is 3.29. The quantitative estimate of drug-likeness (QED) is 0.744. The molecule has 16 heavy (non-hydrogen) atoms. The molecule has 0 N–H and O–H groups in total. The molecule has 1 saturated heterocycles. The first kappa shape index (κ1) is 11.5. The number of piperidine rings is 1. The molecule has 0 amide bonds. The minimum Gasteiger partial charge on any atom is -0.296 e. The normalized spacial score (nSPS) is 25.6. The summed E-state index contributed by atoms with van der Waals surface area (Å²) in [6.45, 7) is 3.35. The average Bonchev–Trinajstić information content (AvgIpc) is 2.29. The molecule has 3 heteroatoms. The molecule has 1 aliphatic rings. The molecule has 0 radical (unpaired) electrons. The Morgan fingerprint density at radius 3 is 2.62 bits per heavy atom. The van der Waals surface area contributed by atoms with Crippen LogP contribution in [0.4, 0.5) is 8.78 Å². The standard InChI is InChI=1S/C13H17F2N/c1-2-16-9-8-13(14,15)10-12(16)11-6-4-3-5-7-11/h3-7,12H,2,8-10H2,1H3/t12-/m1/s1. The lowest BCUT2D eigenvalue weighted by Gasteiger charge is -2.39. The Hall–Kier alpha value is -0.960. The van der Waals surface area contributed by atoms with Crippen molar-refractivity contribution in [1.29, 1.82) is 0 Å². The van der Waals surface area contributed by atoms with E-state index in [1.807, 2.05) is 37.3 Å². The van der Waals surface area contributed by atoms with Crippen molar-refractivity contribution in [2.45, 2.75) is 31.7 Å². The van der Waals surface area contributed by atoms with Gasteiger partial charge in [0.2, 0.25) is 0 Å². The predicted molar refractivity (Wildman–Crippen MR) is 60.6 cm³/mol. The number of rotatable bonds is 2. The molecule has 0 bridgehead atoms. The monoisotopic (exact) mass is 225 g/mol. The van der Waals surface area contributed by atoms with Crippen molar-refractivity contribution in [3.8, 4) is 0 Å². The Labute approximate surface area is 95.1 Å². The van der Waals surface area contributed by atoms with Gasteiger partial charge in [-0.25, -0.2) is 8.78 Å². The third kappa shape index (κ3) is 2.40. The Kier molecular flexibility index (Phi) is 3.24. The summed E-state index contributed by atoms with van der Waals surface area (Å²) in [6, 6.07) is 9.49. The van der Waals surface area contributed by atoms with E-state index in [2.05, 4.69) is 4.90 Å². The molecular weight excluding hydrogens is 208 g/mol. The van der Waals surface area contributed by atoms with Crippen molar-refractivity contribution in [2.24, 2.45) is 0 Å². The van der Waals surface area contributed by atoms with E-state index in [4.69, 9.17) is 0 Å². The first-order valence-electron chi connectivity index (χ1n) is 5.79. The largest absolute Gasteiger partial charge is 0.296 e. The zero-order valence-electron chi connectivity index (χ0n) is 9.50. The van der Waals surface area contributed by atoms with E-state index in [-0.39, 0.29) is 18.9 Å². The highest BCUT2D eigenvalue weighted by Gasteiger charge is 2.40. The molecule has 1 aromatic carbocycles. The predicted octanol–water partition coefficient (Wildman–Crippen LogP) is 3.48. The minimum absolute atomic E-state index is 0.00975. The fourth-order valence-corrected chi connectivity index (χ4v) is 2.36. The maximum Gasteiger partial charge on any atom is 0.251 e. The molecule has 1 fully saturated rings. The van der Waals surface area contributed by atoms with Crippen LogP contribution in [0.1, 0.15) is 31.4 Å². The smallest absolute Gasteiger partial charge is 0.251 e. The van der Waals surface area contributed by atoms with Gasteiger partial charge in [0.05, 0.1) is 0 Å². The van der Waals surface area contributed by atoms with E-state index in [9.17, 15) is 8.78 Å². The van der Waals surface area contributed by atoms with Gasteiger partial charge in [0, 0.05) is 25.4 Å². The summed E-state index contributed by atoms with van der Waals surface area (Å²) in [5.74, 6) is -2.51. The zero-order chi connectivity index (χ0) is 11.6. The number of nitrogens with zero attached hydrogens (tertiary/aromatic N) is 1. The molecule has 0 aromatic heterocycles. The van der Waals surface area contributed by atoms with Crippen LogP contribution in [-0.2, 0) is 0 Å². The molecule has 1 heterocycles. The molecule has 0 spiro atoms. The summed E-state index contributed by atoms with van der Waals surface area (Å²) in [7, 11) is 0. The van der Waals surface area contributed by atoms with Gasteiger partial charge in [-0.2, -0.15) is 0 Å². The molecule has 1 nitrogen and oxygen atoms in total. The van der Waals surface area contributed by atoms with Gasteiger partial charge in [-0.1, -0.05) is 37.3 Å². The van der Waals surface area contributed by atoms with Crippen LogP contribution in [0.15, 0.2) is 30.3 Å². The number of likely N-dealkylation sites (tertiary alicyclic amines) is 1. The first-order chi connectivity index (χ1) is 7.62. The Morgan fingerprint density at radius 2 is 2.00 bits per heavy atom. The second-order valence-electron chi connectivity index (χ2n) is 4.37. The Balaban J connectivity index is 2.22. The lowest BCUT2D eigenvalue weighted by Crippen LogP contribution is -2.41.